The molecule has 0 fully saturated rings. The van der Waals surface area contributed by atoms with E-state index in [1.54, 1.807) is 12.1 Å². The van der Waals surface area contributed by atoms with Crippen molar-refractivity contribution in [2.75, 3.05) is 0 Å². The third kappa shape index (κ3) is 4.31. The summed E-state index contributed by atoms with van der Waals surface area (Å²) in [5.41, 5.74) is 3.24. The van der Waals surface area contributed by atoms with Crippen LogP contribution in [0.3, 0.4) is 0 Å². The van der Waals surface area contributed by atoms with Gasteiger partial charge in [-0.25, -0.2) is 0 Å². The molecule has 3 nitrogen and oxygen atoms in total. The molecule has 0 radical (unpaired) electrons. The van der Waals surface area contributed by atoms with E-state index in [-0.39, 0.29) is 5.75 Å². The number of aryl methyl sites for hydroxylation is 1. The highest BCUT2D eigenvalue weighted by atomic mass is 80.0. The summed E-state index contributed by atoms with van der Waals surface area (Å²) < 4.78 is 27.2. The van der Waals surface area contributed by atoms with Crippen molar-refractivity contribution < 1.29 is 12.6 Å². The van der Waals surface area contributed by atoms with Gasteiger partial charge in [0.1, 0.15) is 5.75 Å². The molecule has 0 saturated carbocycles. The average Bonchev–Trinajstić information content (AvgIpc) is 2.39. The Kier molecular flexibility index (Phi) is 5.18. The molecule has 0 aromatic heterocycles. The minimum absolute atomic E-state index is 0.244. The van der Waals surface area contributed by atoms with Crippen LogP contribution in [-0.2, 0) is 10.1 Å². The van der Waals surface area contributed by atoms with Gasteiger partial charge in [-0.1, -0.05) is 42.0 Å². The number of hydrogen-bond donors (Lipinski definition) is 0. The zero-order valence-corrected chi connectivity index (χ0v) is 16.5. The van der Waals surface area contributed by atoms with Gasteiger partial charge < -0.3 is 4.18 Å². The van der Waals surface area contributed by atoms with Gasteiger partial charge in [-0.05, 0) is 78.0 Å². The van der Waals surface area contributed by atoms with E-state index in [0.29, 0.717) is 0 Å². The summed E-state index contributed by atoms with van der Waals surface area (Å²) in [4.78, 5) is 0. The summed E-state index contributed by atoms with van der Waals surface area (Å²) in [7, 11) is -3.88. The Balaban J connectivity index is 2.22. The minimum atomic E-state index is -3.88. The molecular weight excluding hydrogens is 488 g/mol. The fraction of sp³-hybridized carbons (Fsp3) is 0.143. The maximum Gasteiger partial charge on any atom is 0.346 e. The molecule has 21 heavy (non-hydrogen) atoms. The van der Waals surface area contributed by atoms with Crippen molar-refractivity contribution >= 4 is 57.9 Å². The molecule has 0 spiro atoms. The lowest BCUT2D eigenvalue weighted by Gasteiger charge is -2.14. The number of alkyl halides is 3. The topological polar surface area (TPSA) is 43.4 Å². The molecule has 112 valence electrons. The summed E-state index contributed by atoms with van der Waals surface area (Å²) in [5.74, 6) is 0.244. The van der Waals surface area contributed by atoms with E-state index >= 15 is 0 Å². The van der Waals surface area contributed by atoms with Gasteiger partial charge in [0.25, 0.3) is 1.47 Å². The highest BCUT2D eigenvalue weighted by Gasteiger charge is 2.38. The second-order valence-electron chi connectivity index (χ2n) is 4.37. The van der Waals surface area contributed by atoms with E-state index < -0.39 is 11.6 Å². The van der Waals surface area contributed by atoms with Crippen LogP contribution in [0.4, 0.5) is 0 Å². The van der Waals surface area contributed by atoms with Crippen LogP contribution in [0, 0.1) is 6.92 Å². The van der Waals surface area contributed by atoms with Crippen molar-refractivity contribution in [3.05, 3.63) is 54.1 Å². The van der Waals surface area contributed by atoms with E-state index in [2.05, 4.69) is 47.8 Å². The molecule has 0 bridgehead atoms. The quantitative estimate of drug-likeness (QED) is 0.433. The molecule has 2 aromatic carbocycles. The summed E-state index contributed by atoms with van der Waals surface area (Å²) >= 11 is 8.81. The molecule has 0 N–H and O–H groups in total. The van der Waals surface area contributed by atoms with E-state index in [1.807, 2.05) is 43.3 Å². The predicted octanol–water partition coefficient (Wildman–Crippen LogP) is 5.17. The van der Waals surface area contributed by atoms with E-state index in [0.717, 1.165) is 11.1 Å². The highest BCUT2D eigenvalue weighted by Crippen LogP contribution is 2.40. The Hall–Kier alpha value is -0.370. The number of benzene rings is 2. The van der Waals surface area contributed by atoms with Gasteiger partial charge in [0.15, 0.2) is 0 Å². The number of halogens is 3. The molecule has 0 aliphatic carbocycles. The summed E-state index contributed by atoms with van der Waals surface area (Å²) in [5, 5.41) is 0. The Labute approximate surface area is 149 Å². The smallest absolute Gasteiger partial charge is 0.346 e. The summed E-state index contributed by atoms with van der Waals surface area (Å²) in [6.45, 7) is 2.03. The van der Waals surface area contributed by atoms with Gasteiger partial charge in [0.05, 0.1) is 0 Å². The van der Waals surface area contributed by atoms with Crippen LogP contribution in [0.15, 0.2) is 48.5 Å². The lowest BCUT2D eigenvalue weighted by atomic mass is 10.0. The monoisotopic (exact) mass is 496 g/mol. The molecule has 0 aliphatic heterocycles. The average molecular weight is 499 g/mol. The zero-order chi connectivity index (χ0) is 15.7. The predicted molar refractivity (Wildman–Crippen MR) is 95.7 cm³/mol. The van der Waals surface area contributed by atoms with Gasteiger partial charge in [-0.15, -0.1) is 0 Å². The molecule has 7 heteroatoms. The first-order chi connectivity index (χ1) is 9.69. The molecule has 0 heterocycles. The van der Waals surface area contributed by atoms with Gasteiger partial charge in [-0.2, -0.15) is 8.42 Å². The van der Waals surface area contributed by atoms with Crippen molar-refractivity contribution in [1.29, 1.82) is 0 Å². The molecular formula is C14H11Br3O3S. The third-order valence-electron chi connectivity index (χ3n) is 2.73. The Bertz CT molecular complexity index is 718. The van der Waals surface area contributed by atoms with Crippen LogP contribution in [0.25, 0.3) is 11.1 Å². The number of hydrogen-bond acceptors (Lipinski definition) is 3. The van der Waals surface area contributed by atoms with Crippen LogP contribution in [0.2, 0.25) is 0 Å². The molecule has 0 unspecified atom stereocenters. The highest BCUT2D eigenvalue weighted by molar-refractivity contribution is 9.42. The van der Waals surface area contributed by atoms with E-state index in [4.69, 9.17) is 4.18 Å². The first-order valence-corrected chi connectivity index (χ1v) is 9.66. The third-order valence-corrected chi connectivity index (χ3v) is 7.28. The van der Waals surface area contributed by atoms with Crippen LogP contribution in [0.1, 0.15) is 5.56 Å². The second kappa shape index (κ2) is 6.40. The first kappa shape index (κ1) is 17.0. The maximum absolute atomic E-state index is 11.9. The zero-order valence-electron chi connectivity index (χ0n) is 10.9. The van der Waals surface area contributed by atoms with Crippen molar-refractivity contribution in [2.45, 2.75) is 8.40 Å². The molecule has 0 saturated heterocycles. The van der Waals surface area contributed by atoms with Gasteiger partial charge in [0, 0.05) is 0 Å². The molecule has 2 rings (SSSR count). The molecule has 0 atom stereocenters. The lowest BCUT2D eigenvalue weighted by molar-refractivity contribution is 0.489. The Morgan fingerprint density at radius 3 is 1.71 bits per heavy atom. The molecule has 2 aromatic rings. The molecule has 0 aliphatic rings. The van der Waals surface area contributed by atoms with Gasteiger partial charge in [0.2, 0.25) is 0 Å². The number of rotatable bonds is 3. The normalized spacial score (nSPS) is 12.2. The lowest BCUT2D eigenvalue weighted by Crippen LogP contribution is -2.23. The van der Waals surface area contributed by atoms with Crippen LogP contribution in [0.5, 0.6) is 5.75 Å². The first-order valence-electron chi connectivity index (χ1n) is 5.87. The Morgan fingerprint density at radius 1 is 0.857 bits per heavy atom. The minimum Gasteiger partial charge on any atom is -0.380 e. The second-order valence-corrected chi connectivity index (χ2v) is 14.4. The fourth-order valence-electron chi connectivity index (χ4n) is 1.62. The van der Waals surface area contributed by atoms with Crippen molar-refractivity contribution in [3.8, 4) is 16.9 Å². The standard InChI is InChI=1S/C14H11Br3O3S/c1-10-2-4-11(5-3-10)12-6-8-13(9-7-12)20-21(18,19)14(15,16)17/h2-9H,1H3. The molecule has 0 amide bonds. The SMILES string of the molecule is Cc1ccc(-c2ccc(OS(=O)(=O)C(Br)(Br)Br)cc2)cc1. The summed E-state index contributed by atoms with van der Waals surface area (Å²) in [6.07, 6.45) is 0. The van der Waals surface area contributed by atoms with Crippen LogP contribution in [-0.4, -0.2) is 9.89 Å². The van der Waals surface area contributed by atoms with Gasteiger partial charge in [-0.3, -0.25) is 0 Å². The maximum atomic E-state index is 11.9. The van der Waals surface area contributed by atoms with E-state index in [9.17, 15) is 8.42 Å². The fourth-order valence-corrected chi connectivity index (χ4v) is 2.68. The van der Waals surface area contributed by atoms with Crippen molar-refractivity contribution in [3.63, 3.8) is 0 Å². The van der Waals surface area contributed by atoms with Crippen LogP contribution >= 0.6 is 47.8 Å². The van der Waals surface area contributed by atoms with Crippen molar-refractivity contribution in [2.24, 2.45) is 0 Å². The van der Waals surface area contributed by atoms with E-state index in [1.165, 1.54) is 5.56 Å². The summed E-state index contributed by atoms with van der Waals surface area (Å²) in [6, 6.07) is 14.9. The van der Waals surface area contributed by atoms with Crippen LogP contribution < -0.4 is 4.18 Å². The van der Waals surface area contributed by atoms with Gasteiger partial charge >= 0.3 is 10.1 Å². The van der Waals surface area contributed by atoms with Crippen molar-refractivity contribution in [1.82, 2.24) is 0 Å². The Morgan fingerprint density at radius 2 is 1.29 bits per heavy atom. The largest absolute Gasteiger partial charge is 0.380 e.